The number of nitrogens with zero attached hydrogens (tertiary/aromatic N) is 1. The summed E-state index contributed by atoms with van der Waals surface area (Å²) in [5.41, 5.74) is 0. The number of ether oxygens (including phenoxy) is 2. The van der Waals surface area contributed by atoms with Crippen molar-refractivity contribution in [3.8, 4) is 0 Å². The van der Waals surface area contributed by atoms with Crippen molar-refractivity contribution in [3.63, 3.8) is 0 Å². The number of methoxy groups -OCH3 is 2. The Bertz CT molecular complexity index is 214. The van der Waals surface area contributed by atoms with E-state index in [2.05, 4.69) is 24.1 Å². The molecule has 0 aromatic heterocycles. The van der Waals surface area contributed by atoms with E-state index in [9.17, 15) is 0 Å². The highest BCUT2D eigenvalue weighted by Gasteiger charge is 2.19. The lowest BCUT2D eigenvalue weighted by molar-refractivity contribution is 0.00360. The van der Waals surface area contributed by atoms with Gasteiger partial charge in [-0.3, -0.25) is 0 Å². The molecule has 0 aliphatic carbocycles. The summed E-state index contributed by atoms with van der Waals surface area (Å²) in [6.07, 6.45) is 3.84. The van der Waals surface area contributed by atoms with Crippen molar-refractivity contribution < 1.29 is 9.47 Å². The molecule has 1 N–H and O–H groups in total. The highest BCUT2D eigenvalue weighted by molar-refractivity contribution is 4.78. The molecule has 1 rings (SSSR count). The summed E-state index contributed by atoms with van der Waals surface area (Å²) in [6, 6.07) is 1.27. The molecule has 108 valence electrons. The van der Waals surface area contributed by atoms with E-state index in [1.165, 1.54) is 19.3 Å². The van der Waals surface area contributed by atoms with Crippen LogP contribution in [0, 0.1) is 0 Å². The highest BCUT2D eigenvalue weighted by atomic mass is 16.5. The molecule has 4 nitrogen and oxygen atoms in total. The number of rotatable bonds is 6. The van der Waals surface area contributed by atoms with Gasteiger partial charge in [0.1, 0.15) is 0 Å². The van der Waals surface area contributed by atoms with Gasteiger partial charge in [-0.25, -0.2) is 0 Å². The Morgan fingerprint density at radius 2 is 2.00 bits per heavy atom. The van der Waals surface area contributed by atoms with Crippen LogP contribution in [0.25, 0.3) is 0 Å². The van der Waals surface area contributed by atoms with Gasteiger partial charge in [-0.1, -0.05) is 6.92 Å². The fourth-order valence-electron chi connectivity index (χ4n) is 2.57. The molecular weight excluding hydrogens is 228 g/mol. The Hall–Kier alpha value is -0.160. The van der Waals surface area contributed by atoms with E-state index in [1.807, 2.05) is 0 Å². The van der Waals surface area contributed by atoms with Gasteiger partial charge in [0.15, 0.2) is 0 Å². The van der Waals surface area contributed by atoms with Crippen molar-refractivity contribution in [1.82, 2.24) is 10.2 Å². The highest BCUT2D eigenvalue weighted by Crippen LogP contribution is 2.10. The first kappa shape index (κ1) is 15.9. The molecule has 1 aliphatic rings. The van der Waals surface area contributed by atoms with Gasteiger partial charge in [-0.2, -0.15) is 0 Å². The second-order valence-corrected chi connectivity index (χ2v) is 5.36. The molecule has 0 amide bonds. The monoisotopic (exact) mass is 258 g/mol. The summed E-state index contributed by atoms with van der Waals surface area (Å²) < 4.78 is 10.7. The SMILES string of the molecule is CCC1CCN(CC(COC)OC)CCC(C)N1. The summed E-state index contributed by atoms with van der Waals surface area (Å²) in [7, 11) is 3.51. The van der Waals surface area contributed by atoms with Crippen molar-refractivity contribution >= 4 is 0 Å². The van der Waals surface area contributed by atoms with Gasteiger partial charge in [0.2, 0.25) is 0 Å². The van der Waals surface area contributed by atoms with Crippen LogP contribution in [0.2, 0.25) is 0 Å². The zero-order valence-electron chi connectivity index (χ0n) is 12.4. The number of hydrogen-bond acceptors (Lipinski definition) is 4. The molecule has 0 bridgehead atoms. The molecule has 1 heterocycles. The van der Waals surface area contributed by atoms with Gasteiger partial charge in [0, 0.05) is 32.8 Å². The Labute approximate surface area is 112 Å². The summed E-state index contributed by atoms with van der Waals surface area (Å²) in [5, 5.41) is 3.70. The molecule has 1 fully saturated rings. The minimum atomic E-state index is 0.192. The van der Waals surface area contributed by atoms with Gasteiger partial charge < -0.3 is 19.7 Å². The van der Waals surface area contributed by atoms with Crippen molar-refractivity contribution in [2.45, 2.75) is 51.3 Å². The normalized spacial score (nSPS) is 28.7. The van der Waals surface area contributed by atoms with E-state index in [4.69, 9.17) is 9.47 Å². The first-order chi connectivity index (χ1) is 8.69. The fraction of sp³-hybridized carbons (Fsp3) is 1.00. The van der Waals surface area contributed by atoms with Crippen LogP contribution in [-0.2, 0) is 9.47 Å². The average molecular weight is 258 g/mol. The first-order valence-corrected chi connectivity index (χ1v) is 7.19. The van der Waals surface area contributed by atoms with Crippen LogP contribution >= 0.6 is 0 Å². The van der Waals surface area contributed by atoms with Gasteiger partial charge in [0.05, 0.1) is 12.7 Å². The minimum Gasteiger partial charge on any atom is -0.382 e. The van der Waals surface area contributed by atoms with Crippen molar-refractivity contribution in [2.24, 2.45) is 0 Å². The lowest BCUT2D eigenvalue weighted by atomic mass is 10.1. The molecule has 1 saturated heterocycles. The smallest absolute Gasteiger partial charge is 0.0931 e. The third-order valence-electron chi connectivity index (χ3n) is 3.83. The number of nitrogens with one attached hydrogen (secondary N) is 1. The number of hydrogen-bond donors (Lipinski definition) is 1. The van der Waals surface area contributed by atoms with Crippen molar-refractivity contribution in [2.75, 3.05) is 40.5 Å². The predicted octanol–water partition coefficient (Wildman–Crippen LogP) is 1.50. The molecule has 0 aromatic rings. The largest absolute Gasteiger partial charge is 0.382 e. The molecule has 0 saturated carbocycles. The van der Waals surface area contributed by atoms with E-state index in [-0.39, 0.29) is 6.10 Å². The molecule has 3 unspecified atom stereocenters. The Morgan fingerprint density at radius 3 is 2.61 bits per heavy atom. The minimum absolute atomic E-state index is 0.192. The zero-order chi connectivity index (χ0) is 13.4. The summed E-state index contributed by atoms with van der Waals surface area (Å²) in [4.78, 5) is 2.52. The third-order valence-corrected chi connectivity index (χ3v) is 3.83. The van der Waals surface area contributed by atoms with Crippen LogP contribution in [0.1, 0.15) is 33.1 Å². The van der Waals surface area contributed by atoms with Gasteiger partial charge >= 0.3 is 0 Å². The molecule has 18 heavy (non-hydrogen) atoms. The van der Waals surface area contributed by atoms with E-state index in [0.717, 1.165) is 19.6 Å². The predicted molar refractivity (Wildman–Crippen MR) is 75.0 cm³/mol. The summed E-state index contributed by atoms with van der Waals surface area (Å²) >= 11 is 0. The van der Waals surface area contributed by atoms with Crippen LogP contribution in [0.5, 0.6) is 0 Å². The molecule has 3 atom stereocenters. The van der Waals surface area contributed by atoms with Crippen LogP contribution in [-0.4, -0.2) is 63.5 Å². The lowest BCUT2D eigenvalue weighted by Gasteiger charge is -2.33. The summed E-state index contributed by atoms with van der Waals surface area (Å²) in [6.45, 7) is 8.51. The summed E-state index contributed by atoms with van der Waals surface area (Å²) in [5.74, 6) is 0. The van der Waals surface area contributed by atoms with Crippen LogP contribution < -0.4 is 5.32 Å². The van der Waals surface area contributed by atoms with Gasteiger partial charge in [0.25, 0.3) is 0 Å². The van der Waals surface area contributed by atoms with E-state index < -0.39 is 0 Å². The quantitative estimate of drug-likeness (QED) is 0.783. The molecule has 4 heteroatoms. The van der Waals surface area contributed by atoms with Gasteiger partial charge in [-0.15, -0.1) is 0 Å². The van der Waals surface area contributed by atoms with E-state index in [1.54, 1.807) is 14.2 Å². The maximum atomic E-state index is 5.46. The van der Waals surface area contributed by atoms with E-state index >= 15 is 0 Å². The third kappa shape index (κ3) is 5.65. The van der Waals surface area contributed by atoms with Crippen LogP contribution in [0.3, 0.4) is 0 Å². The topological polar surface area (TPSA) is 33.7 Å². The van der Waals surface area contributed by atoms with Crippen molar-refractivity contribution in [1.29, 1.82) is 0 Å². The van der Waals surface area contributed by atoms with Crippen molar-refractivity contribution in [3.05, 3.63) is 0 Å². The molecule has 0 aromatic carbocycles. The first-order valence-electron chi connectivity index (χ1n) is 7.19. The Balaban J connectivity index is 2.43. The lowest BCUT2D eigenvalue weighted by Crippen LogP contribution is -2.46. The second kappa shape index (κ2) is 8.86. The molecule has 0 radical (unpaired) electrons. The second-order valence-electron chi connectivity index (χ2n) is 5.36. The Kier molecular flexibility index (Phi) is 7.82. The Morgan fingerprint density at radius 1 is 1.28 bits per heavy atom. The molecule has 1 aliphatic heterocycles. The zero-order valence-corrected chi connectivity index (χ0v) is 12.4. The van der Waals surface area contributed by atoms with Gasteiger partial charge in [-0.05, 0) is 39.3 Å². The van der Waals surface area contributed by atoms with Crippen LogP contribution in [0.15, 0.2) is 0 Å². The standard InChI is InChI=1S/C14H30N2O2/c1-5-13-7-9-16(8-6-12(2)15-13)10-14(18-4)11-17-3/h12-15H,5-11H2,1-4H3. The maximum absolute atomic E-state index is 5.46. The average Bonchev–Trinajstić information content (AvgIpc) is 2.36. The van der Waals surface area contributed by atoms with E-state index in [0.29, 0.717) is 18.7 Å². The maximum Gasteiger partial charge on any atom is 0.0931 e. The fourth-order valence-corrected chi connectivity index (χ4v) is 2.57. The van der Waals surface area contributed by atoms with Crippen LogP contribution in [0.4, 0.5) is 0 Å². The molecule has 0 spiro atoms. The molecular formula is C14H30N2O2.